The van der Waals surface area contributed by atoms with Crippen molar-refractivity contribution in [1.29, 1.82) is 0 Å². The van der Waals surface area contributed by atoms with Gasteiger partial charge >= 0.3 is 0 Å². The van der Waals surface area contributed by atoms with Crippen LogP contribution in [-0.2, 0) is 16.1 Å². The molecule has 120 valence electrons. The number of benzene rings is 1. The third-order valence-electron chi connectivity index (χ3n) is 5.65. The van der Waals surface area contributed by atoms with Crippen LogP contribution in [0.5, 0.6) is 0 Å². The second-order valence-electron chi connectivity index (χ2n) is 7.28. The summed E-state index contributed by atoms with van der Waals surface area (Å²) in [6.45, 7) is 5.50. The number of rotatable bonds is 3. The van der Waals surface area contributed by atoms with E-state index >= 15 is 0 Å². The van der Waals surface area contributed by atoms with Crippen molar-refractivity contribution in [2.24, 2.45) is 17.1 Å². The summed E-state index contributed by atoms with van der Waals surface area (Å²) in [5, 5.41) is 0. The highest BCUT2D eigenvalue weighted by Crippen LogP contribution is 2.57. The fraction of sp³-hybridized carbons (Fsp3) is 0.611. The van der Waals surface area contributed by atoms with Crippen LogP contribution in [0.25, 0.3) is 0 Å². The molecule has 1 aliphatic heterocycles. The molecule has 1 amide bonds. The summed E-state index contributed by atoms with van der Waals surface area (Å²) in [5.41, 5.74) is 6.65. The summed E-state index contributed by atoms with van der Waals surface area (Å²) in [4.78, 5) is 14.8. The third kappa shape index (κ3) is 2.09. The molecule has 0 bridgehead atoms. The minimum absolute atomic E-state index is 0.0353. The Morgan fingerprint density at radius 2 is 2.05 bits per heavy atom. The van der Waals surface area contributed by atoms with Gasteiger partial charge in [-0.1, -0.05) is 44.2 Å². The van der Waals surface area contributed by atoms with Gasteiger partial charge in [-0.2, -0.15) is 0 Å². The number of ether oxygens (including phenoxy) is 1. The van der Waals surface area contributed by atoms with Crippen molar-refractivity contribution in [3.8, 4) is 0 Å². The van der Waals surface area contributed by atoms with Crippen LogP contribution < -0.4 is 5.73 Å². The van der Waals surface area contributed by atoms with E-state index in [4.69, 9.17) is 10.5 Å². The zero-order valence-electron chi connectivity index (χ0n) is 13.7. The van der Waals surface area contributed by atoms with E-state index in [-0.39, 0.29) is 23.3 Å². The molecule has 1 aromatic rings. The second kappa shape index (κ2) is 5.36. The molecule has 4 heteroatoms. The van der Waals surface area contributed by atoms with Gasteiger partial charge in [-0.25, -0.2) is 0 Å². The van der Waals surface area contributed by atoms with Gasteiger partial charge in [-0.05, 0) is 18.4 Å². The Hall–Kier alpha value is -1.39. The summed E-state index contributed by atoms with van der Waals surface area (Å²) in [5.74, 6) is 0.176. The van der Waals surface area contributed by atoms with Crippen LogP contribution in [0.2, 0.25) is 0 Å². The number of nitrogens with zero attached hydrogens (tertiary/aromatic N) is 1. The van der Waals surface area contributed by atoms with E-state index in [9.17, 15) is 4.79 Å². The van der Waals surface area contributed by atoms with E-state index in [2.05, 4.69) is 13.8 Å². The molecule has 1 saturated heterocycles. The summed E-state index contributed by atoms with van der Waals surface area (Å²) in [7, 11) is 1.84. The average Bonchev–Trinajstić information content (AvgIpc) is 2.54. The Bertz CT molecular complexity index is 557. The average molecular weight is 302 g/mol. The van der Waals surface area contributed by atoms with Gasteiger partial charge in [0.1, 0.15) is 5.54 Å². The molecule has 4 nitrogen and oxygen atoms in total. The minimum Gasteiger partial charge on any atom is -0.377 e. The molecule has 1 aliphatic carbocycles. The molecule has 0 aromatic heterocycles. The zero-order valence-corrected chi connectivity index (χ0v) is 13.7. The summed E-state index contributed by atoms with van der Waals surface area (Å²) in [6.07, 6.45) is 2.09. The Morgan fingerprint density at radius 3 is 2.73 bits per heavy atom. The molecule has 1 aromatic carbocycles. The van der Waals surface area contributed by atoms with Crippen molar-refractivity contribution in [3.05, 3.63) is 35.9 Å². The van der Waals surface area contributed by atoms with E-state index in [0.29, 0.717) is 6.54 Å². The first-order valence-corrected chi connectivity index (χ1v) is 8.09. The molecule has 3 atom stereocenters. The van der Waals surface area contributed by atoms with Crippen LogP contribution in [0, 0.1) is 11.3 Å². The van der Waals surface area contributed by atoms with Crippen LogP contribution in [-0.4, -0.2) is 36.1 Å². The molecule has 0 radical (unpaired) electrons. The Labute approximate surface area is 132 Å². The predicted molar refractivity (Wildman–Crippen MR) is 86.1 cm³/mol. The molecular weight excluding hydrogens is 276 g/mol. The van der Waals surface area contributed by atoms with Crippen molar-refractivity contribution in [2.75, 3.05) is 13.7 Å². The number of likely N-dealkylation sites (N-methyl/N-ethyl adjacent to an activating group) is 1. The van der Waals surface area contributed by atoms with Crippen molar-refractivity contribution in [2.45, 2.75) is 44.9 Å². The van der Waals surface area contributed by atoms with Gasteiger partial charge in [-0.15, -0.1) is 0 Å². The highest BCUT2D eigenvalue weighted by Gasteiger charge is 2.70. The van der Waals surface area contributed by atoms with E-state index in [0.717, 1.165) is 25.0 Å². The number of nitrogens with two attached hydrogens (primary N) is 1. The first-order chi connectivity index (χ1) is 10.4. The molecule has 2 aliphatic rings. The molecule has 2 N–H and O–H groups in total. The lowest BCUT2D eigenvalue weighted by atomic mass is 9.46. The van der Waals surface area contributed by atoms with Crippen LogP contribution in [0.4, 0.5) is 0 Å². The molecule has 0 spiro atoms. The number of hydrogen-bond acceptors (Lipinski definition) is 3. The quantitative estimate of drug-likeness (QED) is 0.931. The van der Waals surface area contributed by atoms with Crippen LogP contribution in [0.15, 0.2) is 30.3 Å². The summed E-state index contributed by atoms with van der Waals surface area (Å²) >= 11 is 0. The number of hydrogen-bond donors (Lipinski definition) is 1. The van der Waals surface area contributed by atoms with Gasteiger partial charge < -0.3 is 15.4 Å². The topological polar surface area (TPSA) is 55.6 Å². The van der Waals surface area contributed by atoms with Gasteiger partial charge in [-0.3, -0.25) is 4.79 Å². The summed E-state index contributed by atoms with van der Waals surface area (Å²) in [6, 6.07) is 10.0. The molecule has 3 rings (SSSR count). The lowest BCUT2D eigenvalue weighted by Gasteiger charge is -2.65. The number of fused-ring (bicyclic) bond motifs is 1. The maximum absolute atomic E-state index is 13.1. The maximum atomic E-state index is 13.1. The van der Waals surface area contributed by atoms with Gasteiger partial charge in [0.2, 0.25) is 5.91 Å². The van der Waals surface area contributed by atoms with Gasteiger partial charge in [0.25, 0.3) is 0 Å². The Morgan fingerprint density at radius 1 is 1.36 bits per heavy atom. The highest BCUT2D eigenvalue weighted by atomic mass is 16.5. The fourth-order valence-corrected chi connectivity index (χ4v) is 4.25. The standard InChI is InChI=1S/C18H26N2O2/c1-17(2)15-14(10-7-11-22-15)18(17,19)16(21)20(3)12-13-8-5-4-6-9-13/h4-6,8-9,14-15H,7,10-12,19H2,1-3H3. The predicted octanol–water partition coefficient (Wildman–Crippen LogP) is 2.18. The minimum atomic E-state index is -0.818. The third-order valence-corrected chi connectivity index (χ3v) is 5.65. The van der Waals surface area contributed by atoms with E-state index < -0.39 is 5.54 Å². The largest absolute Gasteiger partial charge is 0.377 e. The number of amides is 1. The normalized spacial score (nSPS) is 32.7. The maximum Gasteiger partial charge on any atom is 0.243 e. The highest BCUT2D eigenvalue weighted by molar-refractivity contribution is 5.89. The first kappa shape index (κ1) is 15.5. The molecule has 2 fully saturated rings. The fourth-order valence-electron chi connectivity index (χ4n) is 4.25. The molecular formula is C18H26N2O2. The van der Waals surface area contributed by atoms with Crippen molar-refractivity contribution in [1.82, 2.24) is 4.90 Å². The zero-order chi connectivity index (χ0) is 16.0. The van der Waals surface area contributed by atoms with Crippen molar-refractivity contribution in [3.63, 3.8) is 0 Å². The molecule has 3 unspecified atom stereocenters. The Kier molecular flexibility index (Phi) is 3.77. The monoisotopic (exact) mass is 302 g/mol. The smallest absolute Gasteiger partial charge is 0.243 e. The second-order valence-corrected chi connectivity index (χ2v) is 7.28. The van der Waals surface area contributed by atoms with Crippen LogP contribution in [0.1, 0.15) is 32.3 Å². The first-order valence-electron chi connectivity index (χ1n) is 8.09. The van der Waals surface area contributed by atoms with Gasteiger partial charge in [0, 0.05) is 31.5 Å². The molecule has 22 heavy (non-hydrogen) atoms. The molecule has 1 saturated carbocycles. The number of carbonyl (C=O) groups excluding carboxylic acids is 1. The Balaban J connectivity index is 1.78. The molecule has 1 heterocycles. The van der Waals surface area contributed by atoms with Crippen LogP contribution >= 0.6 is 0 Å². The van der Waals surface area contributed by atoms with Crippen molar-refractivity contribution < 1.29 is 9.53 Å². The van der Waals surface area contributed by atoms with Crippen molar-refractivity contribution >= 4 is 5.91 Å². The van der Waals surface area contributed by atoms with Crippen LogP contribution in [0.3, 0.4) is 0 Å². The van der Waals surface area contributed by atoms with E-state index in [1.165, 1.54) is 0 Å². The summed E-state index contributed by atoms with van der Waals surface area (Å²) < 4.78 is 5.89. The van der Waals surface area contributed by atoms with E-state index in [1.807, 2.05) is 37.4 Å². The van der Waals surface area contributed by atoms with Gasteiger partial charge in [0.05, 0.1) is 6.10 Å². The lowest BCUT2D eigenvalue weighted by Crippen LogP contribution is -2.82. The van der Waals surface area contributed by atoms with E-state index in [1.54, 1.807) is 4.90 Å². The lowest BCUT2D eigenvalue weighted by molar-refractivity contribution is -0.229. The SMILES string of the molecule is CN(Cc1ccccc1)C(=O)C1(N)C2CCCOC2C1(C)C. The number of carbonyl (C=O) groups is 1. The van der Waals surface area contributed by atoms with Gasteiger partial charge in [0.15, 0.2) is 0 Å².